The lowest BCUT2D eigenvalue weighted by Crippen LogP contribution is -2.26. The number of halogens is 2. The second-order valence-electron chi connectivity index (χ2n) is 8.98. The fourth-order valence-corrected chi connectivity index (χ4v) is 5.34. The van der Waals surface area contributed by atoms with Crippen molar-refractivity contribution in [1.29, 1.82) is 10.5 Å². The number of benzene rings is 4. The summed E-state index contributed by atoms with van der Waals surface area (Å²) in [5, 5.41) is 21.5. The zero-order valence-electron chi connectivity index (χ0n) is 19.7. The summed E-state index contributed by atoms with van der Waals surface area (Å²) in [7, 11) is 0. The van der Waals surface area contributed by atoms with Crippen LogP contribution in [-0.4, -0.2) is 0 Å². The molecule has 0 saturated heterocycles. The van der Waals surface area contributed by atoms with Crippen molar-refractivity contribution >= 4 is 10.8 Å². The Bertz CT molecular complexity index is 1650. The normalized spacial score (nSPS) is 18.1. The van der Waals surface area contributed by atoms with Crippen LogP contribution in [-0.2, 0) is 0 Å². The molecule has 2 aliphatic rings. The summed E-state index contributed by atoms with van der Waals surface area (Å²) in [6.45, 7) is 0. The van der Waals surface area contributed by atoms with Gasteiger partial charge in [0.1, 0.15) is 34.9 Å². The number of hydrogen-bond donors (Lipinski definition) is 2. The zero-order valence-corrected chi connectivity index (χ0v) is 19.7. The predicted octanol–water partition coefficient (Wildman–Crippen LogP) is 5.55. The smallest absolute Gasteiger partial charge is 0.205 e. The van der Waals surface area contributed by atoms with Gasteiger partial charge in [-0.05, 0) is 46.2 Å². The van der Waals surface area contributed by atoms with Gasteiger partial charge in [-0.15, -0.1) is 0 Å². The van der Waals surface area contributed by atoms with Crippen molar-refractivity contribution in [1.82, 2.24) is 0 Å². The average molecular weight is 504 g/mol. The fraction of sp³-hybridized carbons (Fsp3) is 0.0667. The highest BCUT2D eigenvalue weighted by Gasteiger charge is 2.41. The maximum atomic E-state index is 13.8. The van der Waals surface area contributed by atoms with E-state index in [1.807, 2.05) is 24.3 Å². The average Bonchev–Trinajstić information content (AvgIpc) is 2.93. The Hall–Kier alpha value is -5.34. The summed E-state index contributed by atoms with van der Waals surface area (Å²) in [4.78, 5) is 0. The van der Waals surface area contributed by atoms with E-state index in [1.165, 1.54) is 24.3 Å². The van der Waals surface area contributed by atoms with Crippen molar-refractivity contribution in [2.24, 2.45) is 11.5 Å². The molecule has 8 heteroatoms. The van der Waals surface area contributed by atoms with Gasteiger partial charge in [-0.1, -0.05) is 48.5 Å². The van der Waals surface area contributed by atoms with E-state index < -0.39 is 23.5 Å². The van der Waals surface area contributed by atoms with Crippen LogP contribution in [0.4, 0.5) is 8.78 Å². The van der Waals surface area contributed by atoms with Gasteiger partial charge in [-0.3, -0.25) is 0 Å². The molecule has 2 aliphatic heterocycles. The first kappa shape index (κ1) is 23.1. The van der Waals surface area contributed by atoms with Gasteiger partial charge in [-0.25, -0.2) is 8.78 Å². The van der Waals surface area contributed by atoms with Crippen LogP contribution >= 0.6 is 0 Å². The number of nitrogens with zero attached hydrogens (tertiary/aromatic N) is 2. The Kier molecular flexibility index (Phi) is 5.25. The Balaban J connectivity index is 1.73. The van der Waals surface area contributed by atoms with Gasteiger partial charge in [-0.2, -0.15) is 10.5 Å². The number of rotatable bonds is 2. The van der Waals surface area contributed by atoms with Crippen LogP contribution in [0, 0.1) is 34.3 Å². The van der Waals surface area contributed by atoms with E-state index in [1.54, 1.807) is 24.3 Å². The van der Waals surface area contributed by atoms with Gasteiger partial charge < -0.3 is 20.9 Å². The standard InChI is InChI=1S/C30H18F2N4O2/c31-17-9-5-15(6-10-17)23-21(13-33)29(35)37-27-25(23)19-3-1-2-4-20(19)26-24(16-7-11-18(32)12-8-16)22(14-34)30(36)38-28(26)27/h1-12,23-24H,35-36H2/t23-,24-/m0/s1. The van der Waals surface area contributed by atoms with Crippen molar-refractivity contribution in [2.45, 2.75) is 11.8 Å². The van der Waals surface area contributed by atoms with Gasteiger partial charge in [0.25, 0.3) is 0 Å². The van der Waals surface area contributed by atoms with Crippen LogP contribution < -0.4 is 20.9 Å². The minimum absolute atomic E-state index is 0.123. The topological polar surface area (TPSA) is 118 Å². The molecule has 2 heterocycles. The van der Waals surface area contributed by atoms with E-state index in [4.69, 9.17) is 20.9 Å². The van der Waals surface area contributed by atoms with Crippen molar-refractivity contribution in [2.75, 3.05) is 0 Å². The first-order valence-corrected chi connectivity index (χ1v) is 11.7. The number of nitrogens with two attached hydrogens (primary N) is 2. The fourth-order valence-electron chi connectivity index (χ4n) is 5.34. The predicted molar refractivity (Wildman–Crippen MR) is 135 cm³/mol. The number of hydrogen-bond acceptors (Lipinski definition) is 6. The lowest BCUT2D eigenvalue weighted by Gasteiger charge is -2.34. The highest BCUT2D eigenvalue weighted by atomic mass is 19.1. The highest BCUT2D eigenvalue weighted by molar-refractivity contribution is 5.97. The van der Waals surface area contributed by atoms with Crippen molar-refractivity contribution < 1.29 is 18.3 Å². The second kappa shape index (κ2) is 8.65. The molecular formula is C30H18F2N4O2. The molecule has 0 spiro atoms. The molecule has 4 aromatic rings. The molecule has 0 amide bonds. The molecule has 0 radical (unpaired) electrons. The van der Waals surface area contributed by atoms with Crippen LogP contribution in [0.3, 0.4) is 0 Å². The largest absolute Gasteiger partial charge is 0.436 e. The summed E-state index contributed by atoms with van der Waals surface area (Å²) in [6.07, 6.45) is 0. The van der Waals surface area contributed by atoms with Crippen molar-refractivity contribution in [3.05, 3.63) is 130 Å². The van der Waals surface area contributed by atoms with Gasteiger partial charge >= 0.3 is 0 Å². The molecule has 2 atom stereocenters. The monoisotopic (exact) mass is 504 g/mol. The number of nitriles is 2. The van der Waals surface area contributed by atoms with E-state index in [-0.39, 0.29) is 34.4 Å². The van der Waals surface area contributed by atoms with E-state index >= 15 is 0 Å². The van der Waals surface area contributed by atoms with Crippen LogP contribution in [0.25, 0.3) is 10.8 Å². The van der Waals surface area contributed by atoms with Crippen molar-refractivity contribution in [3.63, 3.8) is 0 Å². The first-order valence-electron chi connectivity index (χ1n) is 11.7. The SMILES string of the molecule is N#CC1=C(N)Oc2c3c(c4ccccc4c2[C@H]1c1ccc(F)cc1)[C@@H](c1ccc(F)cc1)C(C#N)=C(N)O3. The molecule has 6 nitrogen and oxygen atoms in total. The minimum Gasteiger partial charge on any atom is -0.436 e. The third-order valence-electron chi connectivity index (χ3n) is 6.96. The maximum absolute atomic E-state index is 13.8. The highest BCUT2D eigenvalue weighted by Crippen LogP contribution is 2.56. The third-order valence-corrected chi connectivity index (χ3v) is 6.96. The summed E-state index contributed by atoms with van der Waals surface area (Å²) in [6, 6.07) is 23.4. The van der Waals surface area contributed by atoms with Crippen LogP contribution in [0.2, 0.25) is 0 Å². The number of allylic oxidation sites excluding steroid dienone is 2. The molecule has 0 unspecified atom stereocenters. The van der Waals surface area contributed by atoms with Crippen LogP contribution in [0.1, 0.15) is 34.1 Å². The molecule has 0 fully saturated rings. The molecule has 0 saturated carbocycles. The molecule has 38 heavy (non-hydrogen) atoms. The molecule has 4 N–H and O–H groups in total. The number of fused-ring (bicyclic) bond motifs is 6. The summed E-state index contributed by atoms with van der Waals surface area (Å²) in [5.74, 6) is -1.96. The van der Waals surface area contributed by atoms with E-state index in [9.17, 15) is 19.3 Å². The Morgan fingerprint density at radius 1 is 0.605 bits per heavy atom. The Morgan fingerprint density at radius 2 is 0.974 bits per heavy atom. The summed E-state index contributed by atoms with van der Waals surface area (Å²) < 4.78 is 39.7. The van der Waals surface area contributed by atoms with Gasteiger partial charge in [0, 0.05) is 11.1 Å². The van der Waals surface area contributed by atoms with Gasteiger partial charge in [0.15, 0.2) is 11.5 Å². The molecule has 0 aromatic heterocycles. The van der Waals surface area contributed by atoms with Gasteiger partial charge in [0.05, 0.1) is 11.8 Å². The van der Waals surface area contributed by atoms with Crippen LogP contribution in [0.15, 0.2) is 95.7 Å². The Labute approximate surface area is 216 Å². The summed E-state index contributed by atoms with van der Waals surface area (Å²) in [5.41, 5.74) is 15.3. The molecule has 6 rings (SSSR count). The van der Waals surface area contributed by atoms with E-state index in [0.29, 0.717) is 22.3 Å². The van der Waals surface area contributed by atoms with Crippen LogP contribution in [0.5, 0.6) is 11.5 Å². The van der Waals surface area contributed by atoms with Crippen molar-refractivity contribution in [3.8, 4) is 23.6 Å². The lowest BCUT2D eigenvalue weighted by molar-refractivity contribution is 0.337. The summed E-state index contributed by atoms with van der Waals surface area (Å²) >= 11 is 0. The van der Waals surface area contributed by atoms with Gasteiger partial charge in [0.2, 0.25) is 11.8 Å². The molecule has 0 aliphatic carbocycles. The maximum Gasteiger partial charge on any atom is 0.205 e. The Morgan fingerprint density at radius 3 is 1.32 bits per heavy atom. The zero-order chi connectivity index (χ0) is 26.6. The van der Waals surface area contributed by atoms with E-state index in [0.717, 1.165) is 10.8 Å². The molecule has 184 valence electrons. The first-order chi connectivity index (χ1) is 18.4. The quantitative estimate of drug-likeness (QED) is 0.369. The molecule has 0 bridgehead atoms. The third kappa shape index (κ3) is 3.36. The number of ether oxygens (including phenoxy) is 2. The lowest BCUT2D eigenvalue weighted by atomic mass is 9.76. The molecule has 4 aromatic carbocycles. The van der Waals surface area contributed by atoms with E-state index in [2.05, 4.69) is 12.1 Å². The second-order valence-corrected chi connectivity index (χ2v) is 8.98. The minimum atomic E-state index is -0.685. The molecular weight excluding hydrogens is 486 g/mol.